The molecule has 5 aliphatic rings. The minimum atomic E-state index is -0.0490. The third-order valence-corrected chi connectivity index (χ3v) is 7.66. The van der Waals surface area contributed by atoms with E-state index in [9.17, 15) is 10.1 Å². The highest BCUT2D eigenvalue weighted by atomic mass is 16.5. The highest BCUT2D eigenvalue weighted by Crippen LogP contribution is 2.49. The number of piperidine rings is 2. The summed E-state index contributed by atoms with van der Waals surface area (Å²) >= 11 is 0. The van der Waals surface area contributed by atoms with Gasteiger partial charge in [-0.15, -0.1) is 0 Å². The molecule has 1 aromatic rings. The molecule has 4 fully saturated rings. The zero-order chi connectivity index (χ0) is 20.1. The SMILES string of the molecule is CCOC(=O)CC1C2CC1CN(c1nc(N3CC[C@@H]3C)c(C#N)c3c1CCC3)C2. The number of ether oxygens (including phenoxy) is 1. The molecule has 6 nitrogen and oxygen atoms in total. The Labute approximate surface area is 172 Å². The molecule has 0 radical (unpaired) electrons. The van der Waals surface area contributed by atoms with E-state index in [4.69, 9.17) is 9.72 Å². The molecule has 0 N–H and O–H groups in total. The van der Waals surface area contributed by atoms with Crippen LogP contribution in [0.25, 0.3) is 0 Å². The number of pyridine rings is 1. The second kappa shape index (κ2) is 7.19. The molecule has 3 saturated heterocycles. The van der Waals surface area contributed by atoms with Gasteiger partial charge in [0.25, 0.3) is 0 Å². The summed E-state index contributed by atoms with van der Waals surface area (Å²) in [6, 6.07) is 2.94. The van der Waals surface area contributed by atoms with Crippen LogP contribution in [0.2, 0.25) is 0 Å². The molecule has 3 atom stereocenters. The molecule has 0 aromatic carbocycles. The van der Waals surface area contributed by atoms with Gasteiger partial charge in [0.1, 0.15) is 17.7 Å². The van der Waals surface area contributed by atoms with Crippen molar-refractivity contribution in [1.29, 1.82) is 5.26 Å². The molecule has 29 heavy (non-hydrogen) atoms. The highest BCUT2D eigenvalue weighted by molar-refractivity contribution is 5.71. The summed E-state index contributed by atoms with van der Waals surface area (Å²) in [6.45, 7) is 7.49. The van der Waals surface area contributed by atoms with Crippen LogP contribution in [0.3, 0.4) is 0 Å². The smallest absolute Gasteiger partial charge is 0.306 e. The second-order valence-corrected chi connectivity index (χ2v) is 9.22. The van der Waals surface area contributed by atoms with Crippen molar-refractivity contribution in [3.05, 3.63) is 16.7 Å². The molecule has 0 amide bonds. The van der Waals surface area contributed by atoms with E-state index in [1.54, 1.807) is 0 Å². The van der Waals surface area contributed by atoms with Crippen molar-refractivity contribution in [3.8, 4) is 6.07 Å². The molecular formula is C23H30N4O2. The van der Waals surface area contributed by atoms with E-state index in [2.05, 4.69) is 22.8 Å². The van der Waals surface area contributed by atoms with Gasteiger partial charge in [-0.05, 0) is 74.8 Å². The number of nitriles is 1. The minimum absolute atomic E-state index is 0.0490. The third kappa shape index (κ3) is 2.97. The van der Waals surface area contributed by atoms with E-state index in [-0.39, 0.29) is 5.97 Å². The predicted molar refractivity (Wildman–Crippen MR) is 111 cm³/mol. The second-order valence-electron chi connectivity index (χ2n) is 9.22. The topological polar surface area (TPSA) is 69.5 Å². The lowest BCUT2D eigenvalue weighted by Crippen LogP contribution is -2.56. The lowest BCUT2D eigenvalue weighted by atomic mass is 9.60. The van der Waals surface area contributed by atoms with Gasteiger partial charge in [-0.3, -0.25) is 4.79 Å². The number of anilines is 2. The van der Waals surface area contributed by atoms with Crippen LogP contribution >= 0.6 is 0 Å². The standard InChI is InChI=1S/C23H30N4O2/c1-3-29-21(28)10-19-15-9-16(19)13-26(12-15)22-18-6-4-5-17(18)20(11-24)23(25-22)27-8-7-14(27)2/h14-16,19H,3-10,12-13H2,1-2H3/t14-,15?,16?,19?/m0/s1. The van der Waals surface area contributed by atoms with Crippen LogP contribution in [-0.2, 0) is 22.4 Å². The fraction of sp³-hybridized carbons (Fsp3) is 0.696. The minimum Gasteiger partial charge on any atom is -0.466 e. The van der Waals surface area contributed by atoms with Crippen molar-refractivity contribution in [3.63, 3.8) is 0 Å². The Balaban J connectivity index is 1.41. The Bertz CT molecular complexity index is 865. The van der Waals surface area contributed by atoms with Crippen LogP contribution in [0, 0.1) is 29.1 Å². The maximum atomic E-state index is 12.0. The summed E-state index contributed by atoms with van der Waals surface area (Å²) in [5.74, 6) is 3.55. The predicted octanol–water partition coefficient (Wildman–Crippen LogP) is 3.07. The molecule has 2 bridgehead atoms. The van der Waals surface area contributed by atoms with Crippen LogP contribution in [0.4, 0.5) is 11.6 Å². The van der Waals surface area contributed by atoms with Gasteiger partial charge in [0.2, 0.25) is 0 Å². The Morgan fingerprint density at radius 2 is 2.00 bits per heavy atom. The number of aromatic nitrogens is 1. The maximum absolute atomic E-state index is 12.0. The molecule has 2 unspecified atom stereocenters. The number of rotatable bonds is 5. The highest BCUT2D eigenvalue weighted by Gasteiger charge is 2.48. The Hall–Kier alpha value is -2.29. The molecule has 4 heterocycles. The summed E-state index contributed by atoms with van der Waals surface area (Å²) < 4.78 is 5.18. The molecular weight excluding hydrogens is 364 g/mol. The van der Waals surface area contributed by atoms with Gasteiger partial charge in [0, 0.05) is 32.1 Å². The lowest BCUT2D eigenvalue weighted by Gasteiger charge is -2.54. The van der Waals surface area contributed by atoms with Gasteiger partial charge in [0.15, 0.2) is 0 Å². The van der Waals surface area contributed by atoms with Crippen LogP contribution in [0.1, 0.15) is 56.2 Å². The molecule has 154 valence electrons. The summed E-state index contributed by atoms with van der Waals surface area (Å²) in [4.78, 5) is 21.8. The van der Waals surface area contributed by atoms with E-state index in [1.807, 2.05) is 6.92 Å². The van der Waals surface area contributed by atoms with Gasteiger partial charge < -0.3 is 14.5 Å². The number of hydrogen-bond acceptors (Lipinski definition) is 6. The zero-order valence-corrected chi connectivity index (χ0v) is 17.5. The van der Waals surface area contributed by atoms with Crippen LogP contribution in [-0.4, -0.2) is 43.2 Å². The summed E-state index contributed by atoms with van der Waals surface area (Å²) in [7, 11) is 0. The Kier molecular flexibility index (Phi) is 4.64. The number of carbonyl (C=O) groups excluding carboxylic acids is 1. The fourth-order valence-corrected chi connectivity index (χ4v) is 5.95. The average molecular weight is 395 g/mol. The van der Waals surface area contributed by atoms with Crippen LogP contribution in [0.5, 0.6) is 0 Å². The molecule has 3 aliphatic heterocycles. The van der Waals surface area contributed by atoms with E-state index in [1.165, 1.54) is 24.0 Å². The average Bonchev–Trinajstić information content (AvgIpc) is 3.20. The summed E-state index contributed by atoms with van der Waals surface area (Å²) in [6.07, 6.45) is 6.09. The normalized spacial score (nSPS) is 29.6. The first kappa shape index (κ1) is 18.7. The first-order valence-corrected chi connectivity index (χ1v) is 11.2. The number of nitrogens with zero attached hydrogens (tertiary/aromatic N) is 4. The van der Waals surface area contributed by atoms with Gasteiger partial charge in [0.05, 0.1) is 12.2 Å². The largest absolute Gasteiger partial charge is 0.466 e. The number of fused-ring (bicyclic) bond motifs is 3. The van der Waals surface area contributed by atoms with E-state index in [0.29, 0.717) is 36.8 Å². The van der Waals surface area contributed by atoms with Crippen molar-refractivity contribution in [2.24, 2.45) is 17.8 Å². The molecule has 6 heteroatoms. The van der Waals surface area contributed by atoms with Crippen molar-refractivity contribution in [2.75, 3.05) is 36.0 Å². The lowest BCUT2D eigenvalue weighted by molar-refractivity contribution is -0.147. The van der Waals surface area contributed by atoms with Gasteiger partial charge in [-0.2, -0.15) is 5.26 Å². The van der Waals surface area contributed by atoms with Crippen molar-refractivity contribution >= 4 is 17.6 Å². The van der Waals surface area contributed by atoms with Crippen molar-refractivity contribution in [1.82, 2.24) is 4.98 Å². The van der Waals surface area contributed by atoms with E-state index < -0.39 is 0 Å². The molecule has 1 saturated carbocycles. The summed E-state index contributed by atoms with van der Waals surface area (Å²) in [5, 5.41) is 9.88. The van der Waals surface area contributed by atoms with Gasteiger partial charge in [-0.25, -0.2) is 4.98 Å². The quantitative estimate of drug-likeness (QED) is 0.715. The fourth-order valence-electron chi connectivity index (χ4n) is 5.95. The number of hydrogen-bond donors (Lipinski definition) is 0. The Morgan fingerprint density at radius 1 is 1.24 bits per heavy atom. The summed E-state index contributed by atoms with van der Waals surface area (Å²) in [5.41, 5.74) is 3.37. The first-order chi connectivity index (χ1) is 14.1. The zero-order valence-electron chi connectivity index (χ0n) is 17.5. The molecule has 1 aromatic heterocycles. The Morgan fingerprint density at radius 3 is 2.62 bits per heavy atom. The number of carbonyl (C=O) groups is 1. The van der Waals surface area contributed by atoms with Crippen molar-refractivity contribution in [2.45, 2.75) is 58.4 Å². The molecule has 0 spiro atoms. The third-order valence-electron chi connectivity index (χ3n) is 7.66. The van der Waals surface area contributed by atoms with Crippen LogP contribution < -0.4 is 9.80 Å². The van der Waals surface area contributed by atoms with Crippen molar-refractivity contribution < 1.29 is 9.53 Å². The monoisotopic (exact) mass is 394 g/mol. The van der Waals surface area contributed by atoms with Gasteiger partial charge in [-0.1, -0.05) is 0 Å². The van der Waals surface area contributed by atoms with E-state index >= 15 is 0 Å². The van der Waals surface area contributed by atoms with Gasteiger partial charge >= 0.3 is 5.97 Å². The van der Waals surface area contributed by atoms with E-state index in [0.717, 1.165) is 56.1 Å². The molecule has 6 rings (SSSR count). The molecule has 2 aliphatic carbocycles. The number of esters is 1. The maximum Gasteiger partial charge on any atom is 0.306 e. The first-order valence-electron chi connectivity index (χ1n) is 11.2. The van der Waals surface area contributed by atoms with Crippen LogP contribution in [0.15, 0.2) is 0 Å².